The van der Waals surface area contributed by atoms with E-state index in [1.54, 1.807) is 13.0 Å². The molecule has 2 N–H and O–H groups in total. The van der Waals surface area contributed by atoms with Crippen LogP contribution < -0.4 is 10.6 Å². The highest BCUT2D eigenvalue weighted by molar-refractivity contribution is 5.49. The number of hydrogen-bond donors (Lipinski definition) is 1. The highest BCUT2D eigenvalue weighted by atomic mass is 16.6. The molecule has 2 heterocycles. The van der Waals surface area contributed by atoms with Gasteiger partial charge in [0.15, 0.2) is 0 Å². The molecule has 1 saturated heterocycles. The van der Waals surface area contributed by atoms with Crippen molar-refractivity contribution in [2.45, 2.75) is 19.4 Å². The van der Waals surface area contributed by atoms with E-state index in [2.05, 4.69) is 9.88 Å². The van der Waals surface area contributed by atoms with Gasteiger partial charge in [0.1, 0.15) is 12.0 Å². The van der Waals surface area contributed by atoms with Gasteiger partial charge in [-0.25, -0.2) is 4.98 Å². The number of aryl methyl sites for hydroxylation is 1. The van der Waals surface area contributed by atoms with E-state index in [-0.39, 0.29) is 11.7 Å². The molecule has 6 nitrogen and oxygen atoms in total. The molecule has 1 aliphatic rings. The Kier molecular flexibility index (Phi) is 2.74. The lowest BCUT2D eigenvalue weighted by Gasteiger charge is -2.16. The molecule has 1 fully saturated rings. The van der Waals surface area contributed by atoms with Crippen molar-refractivity contribution in [1.29, 1.82) is 0 Å². The molecule has 0 aromatic carbocycles. The van der Waals surface area contributed by atoms with Crippen molar-refractivity contribution in [2.24, 2.45) is 5.73 Å². The number of nitrogens with two attached hydrogens (primary N) is 1. The largest absolute Gasteiger partial charge is 0.355 e. The quantitative estimate of drug-likeness (QED) is 0.592. The Morgan fingerprint density at radius 2 is 2.44 bits per heavy atom. The minimum atomic E-state index is -0.415. The van der Waals surface area contributed by atoms with Gasteiger partial charge in [0.2, 0.25) is 0 Å². The average molecular weight is 222 g/mol. The van der Waals surface area contributed by atoms with E-state index in [0.29, 0.717) is 5.56 Å². The van der Waals surface area contributed by atoms with Gasteiger partial charge in [-0.05, 0) is 19.4 Å². The van der Waals surface area contributed by atoms with Gasteiger partial charge in [-0.3, -0.25) is 10.1 Å². The molecule has 0 aliphatic carbocycles. The standard InChI is InChI=1S/C10H14N4O2/c1-7-4-10(12-5-9(7)14(15)16)13-3-2-8(11)6-13/h4-5,8H,2-3,6,11H2,1H3. The second-order valence-electron chi connectivity index (χ2n) is 4.08. The van der Waals surface area contributed by atoms with E-state index in [1.165, 1.54) is 6.20 Å². The first kappa shape index (κ1) is 10.8. The molecule has 0 saturated carbocycles. The topological polar surface area (TPSA) is 85.3 Å². The highest BCUT2D eigenvalue weighted by Crippen LogP contribution is 2.23. The van der Waals surface area contributed by atoms with Gasteiger partial charge in [-0.2, -0.15) is 0 Å². The average Bonchev–Trinajstić information content (AvgIpc) is 2.64. The number of rotatable bonds is 2. The Hall–Kier alpha value is -1.69. The molecular formula is C10H14N4O2. The first-order valence-corrected chi connectivity index (χ1v) is 5.19. The van der Waals surface area contributed by atoms with Gasteiger partial charge < -0.3 is 10.6 Å². The van der Waals surface area contributed by atoms with Crippen LogP contribution in [0, 0.1) is 17.0 Å². The predicted molar refractivity (Wildman–Crippen MR) is 60.4 cm³/mol. The van der Waals surface area contributed by atoms with Crippen LogP contribution in [0.5, 0.6) is 0 Å². The maximum atomic E-state index is 10.6. The Morgan fingerprint density at radius 1 is 1.69 bits per heavy atom. The van der Waals surface area contributed by atoms with Crippen LogP contribution in [0.1, 0.15) is 12.0 Å². The van der Waals surface area contributed by atoms with Crippen LogP contribution in [0.25, 0.3) is 0 Å². The van der Waals surface area contributed by atoms with Gasteiger partial charge in [-0.1, -0.05) is 0 Å². The van der Waals surface area contributed by atoms with E-state index >= 15 is 0 Å². The fourth-order valence-electron chi connectivity index (χ4n) is 1.89. The molecule has 86 valence electrons. The van der Waals surface area contributed by atoms with E-state index in [4.69, 9.17) is 5.73 Å². The fraction of sp³-hybridized carbons (Fsp3) is 0.500. The summed E-state index contributed by atoms with van der Waals surface area (Å²) in [6, 6.07) is 1.92. The monoisotopic (exact) mass is 222 g/mol. The van der Waals surface area contributed by atoms with E-state index in [1.807, 2.05) is 0 Å². The van der Waals surface area contributed by atoms with Crippen molar-refractivity contribution in [3.8, 4) is 0 Å². The summed E-state index contributed by atoms with van der Waals surface area (Å²) in [4.78, 5) is 16.4. The molecule has 16 heavy (non-hydrogen) atoms. The van der Waals surface area contributed by atoms with Gasteiger partial charge in [-0.15, -0.1) is 0 Å². The lowest BCUT2D eigenvalue weighted by atomic mass is 10.2. The van der Waals surface area contributed by atoms with E-state index in [0.717, 1.165) is 25.3 Å². The number of nitro groups is 1. The highest BCUT2D eigenvalue weighted by Gasteiger charge is 2.21. The molecule has 1 unspecified atom stereocenters. The minimum Gasteiger partial charge on any atom is -0.355 e. The van der Waals surface area contributed by atoms with Crippen LogP contribution in [0.2, 0.25) is 0 Å². The van der Waals surface area contributed by atoms with Crippen LogP contribution in [0.3, 0.4) is 0 Å². The van der Waals surface area contributed by atoms with Gasteiger partial charge in [0, 0.05) is 24.7 Å². The van der Waals surface area contributed by atoms with Crippen molar-refractivity contribution in [1.82, 2.24) is 4.98 Å². The Bertz CT molecular complexity index is 421. The second kappa shape index (κ2) is 4.05. The van der Waals surface area contributed by atoms with Crippen molar-refractivity contribution < 1.29 is 4.92 Å². The molecular weight excluding hydrogens is 208 g/mol. The Morgan fingerprint density at radius 3 is 2.94 bits per heavy atom. The zero-order valence-corrected chi connectivity index (χ0v) is 9.09. The Labute approximate surface area is 93.2 Å². The van der Waals surface area contributed by atoms with Crippen LogP contribution in [0.4, 0.5) is 11.5 Å². The fourth-order valence-corrected chi connectivity index (χ4v) is 1.89. The molecule has 1 aromatic heterocycles. The summed E-state index contributed by atoms with van der Waals surface area (Å²) in [6.45, 7) is 3.36. The lowest BCUT2D eigenvalue weighted by Crippen LogP contribution is -2.26. The lowest BCUT2D eigenvalue weighted by molar-refractivity contribution is -0.385. The van der Waals surface area contributed by atoms with Crippen LogP contribution >= 0.6 is 0 Å². The summed E-state index contributed by atoms with van der Waals surface area (Å²) in [6.07, 6.45) is 2.26. The van der Waals surface area contributed by atoms with Gasteiger partial charge in [0.25, 0.3) is 5.69 Å². The SMILES string of the molecule is Cc1cc(N2CCC(N)C2)ncc1[N+](=O)[O-]. The third-order valence-corrected chi connectivity index (χ3v) is 2.81. The molecule has 0 spiro atoms. The third kappa shape index (κ3) is 1.96. The van der Waals surface area contributed by atoms with Crippen molar-refractivity contribution in [2.75, 3.05) is 18.0 Å². The summed E-state index contributed by atoms with van der Waals surface area (Å²) in [5, 5.41) is 10.6. The number of nitrogens with zero attached hydrogens (tertiary/aromatic N) is 3. The second-order valence-corrected chi connectivity index (χ2v) is 4.08. The zero-order valence-electron chi connectivity index (χ0n) is 9.09. The molecule has 6 heteroatoms. The van der Waals surface area contributed by atoms with E-state index in [9.17, 15) is 10.1 Å². The predicted octanol–water partition coefficient (Wildman–Crippen LogP) is 0.836. The zero-order chi connectivity index (χ0) is 11.7. The van der Waals surface area contributed by atoms with Crippen molar-refractivity contribution in [3.63, 3.8) is 0 Å². The maximum absolute atomic E-state index is 10.6. The number of anilines is 1. The van der Waals surface area contributed by atoms with E-state index < -0.39 is 4.92 Å². The van der Waals surface area contributed by atoms with Gasteiger partial charge >= 0.3 is 0 Å². The smallest absolute Gasteiger partial charge is 0.290 e. The molecule has 1 aromatic rings. The number of hydrogen-bond acceptors (Lipinski definition) is 5. The Balaban J connectivity index is 2.24. The first-order chi connectivity index (χ1) is 7.58. The van der Waals surface area contributed by atoms with Gasteiger partial charge in [0.05, 0.1) is 4.92 Å². The molecule has 0 radical (unpaired) electrons. The molecule has 2 rings (SSSR count). The van der Waals surface area contributed by atoms with Crippen LogP contribution in [0.15, 0.2) is 12.3 Å². The summed E-state index contributed by atoms with van der Waals surface area (Å²) < 4.78 is 0. The molecule has 1 aliphatic heterocycles. The number of pyridine rings is 1. The summed E-state index contributed by atoms with van der Waals surface area (Å²) in [5.74, 6) is 0.774. The third-order valence-electron chi connectivity index (χ3n) is 2.81. The van der Waals surface area contributed by atoms with Crippen molar-refractivity contribution in [3.05, 3.63) is 27.9 Å². The molecule has 0 amide bonds. The summed E-state index contributed by atoms with van der Waals surface area (Å²) in [5.41, 5.74) is 6.50. The summed E-state index contributed by atoms with van der Waals surface area (Å²) in [7, 11) is 0. The summed E-state index contributed by atoms with van der Waals surface area (Å²) >= 11 is 0. The number of aromatic nitrogens is 1. The minimum absolute atomic E-state index is 0.0623. The van der Waals surface area contributed by atoms with Crippen LogP contribution in [-0.2, 0) is 0 Å². The normalized spacial score (nSPS) is 20.1. The van der Waals surface area contributed by atoms with Crippen molar-refractivity contribution >= 4 is 11.5 Å². The molecule has 0 bridgehead atoms. The first-order valence-electron chi connectivity index (χ1n) is 5.19. The van der Waals surface area contributed by atoms with Crippen LogP contribution in [-0.4, -0.2) is 29.0 Å². The maximum Gasteiger partial charge on any atom is 0.290 e. The molecule has 1 atom stereocenters.